The molecule has 0 amide bonds. The summed E-state index contributed by atoms with van der Waals surface area (Å²) in [5.74, 6) is 1.66. The highest BCUT2D eigenvalue weighted by Crippen LogP contribution is 2.49. The summed E-state index contributed by atoms with van der Waals surface area (Å²) in [6, 6.07) is 10.1. The van der Waals surface area contributed by atoms with Crippen molar-refractivity contribution in [2.24, 2.45) is 0 Å². The van der Waals surface area contributed by atoms with Crippen LogP contribution in [0.4, 0.5) is 4.39 Å². The zero-order valence-corrected chi connectivity index (χ0v) is 20.4. The number of halogens is 1. The first kappa shape index (κ1) is 24.0. The Kier molecular flexibility index (Phi) is 6.77. The molecule has 0 spiro atoms. The minimum absolute atomic E-state index is 0.0295. The molecule has 36 heavy (non-hydrogen) atoms. The highest BCUT2D eigenvalue weighted by atomic mass is 19.1. The van der Waals surface area contributed by atoms with Gasteiger partial charge in [0.25, 0.3) is 0 Å². The summed E-state index contributed by atoms with van der Waals surface area (Å²) in [6.07, 6.45) is 6.03. The number of Topliss-reactive ketones (excluding diaryl/α,β-unsaturated/α-hetero) is 2. The molecule has 0 fully saturated rings. The monoisotopic (exact) mass is 488 g/mol. The number of carbonyl (C=O) groups is 2. The van der Waals surface area contributed by atoms with Crippen LogP contribution < -0.4 is 9.47 Å². The average molecular weight is 489 g/mol. The van der Waals surface area contributed by atoms with Crippen LogP contribution in [0.2, 0.25) is 0 Å². The Bertz CT molecular complexity index is 1260. The fourth-order valence-electron chi connectivity index (χ4n) is 5.41. The predicted molar refractivity (Wildman–Crippen MR) is 133 cm³/mol. The lowest BCUT2D eigenvalue weighted by atomic mass is 9.73. The zero-order valence-electron chi connectivity index (χ0n) is 20.4. The first-order valence-corrected chi connectivity index (χ1v) is 12.4. The molecule has 2 aliphatic carbocycles. The van der Waals surface area contributed by atoms with Gasteiger partial charge in [0.15, 0.2) is 23.1 Å². The SMILES string of the molecule is C=CCc1cc(C2C3=C(CCCC3=O)OC3=C2C(=O)CCC3)cc(OC)c1OCc1cccc(F)c1. The van der Waals surface area contributed by atoms with Crippen LogP contribution in [0.15, 0.2) is 71.7 Å². The Morgan fingerprint density at radius 1 is 1.03 bits per heavy atom. The minimum atomic E-state index is -0.487. The molecular weight excluding hydrogens is 459 g/mol. The predicted octanol–water partition coefficient (Wildman–Crippen LogP) is 6.27. The summed E-state index contributed by atoms with van der Waals surface area (Å²) in [7, 11) is 1.56. The largest absolute Gasteiger partial charge is 0.493 e. The van der Waals surface area contributed by atoms with Gasteiger partial charge in [-0.25, -0.2) is 4.39 Å². The lowest BCUT2D eigenvalue weighted by Gasteiger charge is -2.36. The van der Waals surface area contributed by atoms with Crippen molar-refractivity contribution in [3.05, 3.63) is 94.2 Å². The van der Waals surface area contributed by atoms with Crippen LogP contribution in [0.25, 0.3) is 0 Å². The molecule has 0 N–H and O–H groups in total. The van der Waals surface area contributed by atoms with Gasteiger partial charge < -0.3 is 14.2 Å². The molecule has 5 nitrogen and oxygen atoms in total. The smallest absolute Gasteiger partial charge is 0.165 e. The molecule has 1 heterocycles. The second kappa shape index (κ2) is 10.1. The maximum atomic E-state index is 13.7. The first-order valence-electron chi connectivity index (χ1n) is 12.4. The summed E-state index contributed by atoms with van der Waals surface area (Å²) < 4.78 is 31.7. The van der Waals surface area contributed by atoms with Gasteiger partial charge in [-0.15, -0.1) is 6.58 Å². The number of hydrogen-bond donors (Lipinski definition) is 0. The van der Waals surface area contributed by atoms with Crippen molar-refractivity contribution in [2.75, 3.05) is 7.11 Å². The number of benzene rings is 2. The molecule has 0 bridgehead atoms. The van der Waals surface area contributed by atoms with Crippen LogP contribution in [0.5, 0.6) is 11.5 Å². The Morgan fingerprint density at radius 2 is 1.72 bits per heavy atom. The van der Waals surface area contributed by atoms with Crippen LogP contribution in [0.1, 0.15) is 61.1 Å². The lowest BCUT2D eigenvalue weighted by molar-refractivity contribution is -0.117. The zero-order chi connectivity index (χ0) is 25.2. The van der Waals surface area contributed by atoms with E-state index in [-0.39, 0.29) is 24.0 Å². The molecule has 6 heteroatoms. The van der Waals surface area contributed by atoms with Crippen LogP contribution in [0, 0.1) is 5.82 Å². The average Bonchev–Trinajstić information content (AvgIpc) is 2.87. The van der Waals surface area contributed by atoms with E-state index in [4.69, 9.17) is 14.2 Å². The van der Waals surface area contributed by atoms with Crippen molar-refractivity contribution < 1.29 is 28.2 Å². The number of carbonyl (C=O) groups excluding carboxylic acids is 2. The quantitative estimate of drug-likeness (QED) is 0.430. The Morgan fingerprint density at radius 3 is 2.33 bits per heavy atom. The van der Waals surface area contributed by atoms with E-state index in [0.717, 1.165) is 24.0 Å². The molecule has 0 saturated heterocycles. The highest BCUT2D eigenvalue weighted by molar-refractivity contribution is 6.05. The van der Waals surface area contributed by atoms with Gasteiger partial charge in [-0.2, -0.15) is 0 Å². The minimum Gasteiger partial charge on any atom is -0.493 e. The van der Waals surface area contributed by atoms with E-state index in [9.17, 15) is 14.0 Å². The normalized spacial score (nSPS) is 17.9. The van der Waals surface area contributed by atoms with Gasteiger partial charge in [0.2, 0.25) is 0 Å². The molecular formula is C30H29FO5. The lowest BCUT2D eigenvalue weighted by Crippen LogP contribution is -2.30. The van der Waals surface area contributed by atoms with Gasteiger partial charge in [0, 0.05) is 48.3 Å². The third kappa shape index (κ3) is 4.48. The van der Waals surface area contributed by atoms with Crippen molar-refractivity contribution in [3.8, 4) is 11.5 Å². The summed E-state index contributed by atoms with van der Waals surface area (Å²) in [5.41, 5.74) is 3.50. The summed E-state index contributed by atoms with van der Waals surface area (Å²) in [4.78, 5) is 26.3. The van der Waals surface area contributed by atoms with Gasteiger partial charge >= 0.3 is 0 Å². The fraction of sp³-hybridized carbons (Fsp3) is 0.333. The third-order valence-corrected chi connectivity index (χ3v) is 6.98. The van der Waals surface area contributed by atoms with E-state index in [1.165, 1.54) is 12.1 Å². The van der Waals surface area contributed by atoms with Gasteiger partial charge in [-0.1, -0.05) is 24.3 Å². The van der Waals surface area contributed by atoms with Gasteiger partial charge in [0.05, 0.1) is 7.11 Å². The van der Waals surface area contributed by atoms with E-state index >= 15 is 0 Å². The summed E-state index contributed by atoms with van der Waals surface area (Å²) in [5, 5.41) is 0. The standard InChI is InChI=1S/C30H29FO5/c1-3-7-19-15-20(16-26(34-2)30(19)35-17-18-8-4-9-21(31)14-18)27-28-22(32)10-5-12-24(28)36-25-13-6-11-23(33)29(25)27/h3-4,8-9,14-16,27H,1,5-7,10-13,17H2,2H3. The number of rotatable bonds is 7. The van der Waals surface area contributed by atoms with E-state index in [1.807, 2.05) is 12.1 Å². The van der Waals surface area contributed by atoms with E-state index in [0.29, 0.717) is 71.8 Å². The molecule has 3 aliphatic rings. The number of methoxy groups -OCH3 is 1. The third-order valence-electron chi connectivity index (χ3n) is 6.98. The summed E-state index contributed by atoms with van der Waals surface area (Å²) >= 11 is 0. The molecule has 186 valence electrons. The first-order chi connectivity index (χ1) is 17.5. The summed E-state index contributed by atoms with van der Waals surface area (Å²) in [6.45, 7) is 4.05. The molecule has 5 rings (SSSR count). The molecule has 0 saturated carbocycles. The maximum Gasteiger partial charge on any atom is 0.165 e. The van der Waals surface area contributed by atoms with Crippen LogP contribution in [0.3, 0.4) is 0 Å². The molecule has 0 aromatic heterocycles. The van der Waals surface area contributed by atoms with Crippen molar-refractivity contribution >= 4 is 11.6 Å². The van der Waals surface area contributed by atoms with Crippen molar-refractivity contribution in [2.45, 2.75) is 57.5 Å². The van der Waals surface area contributed by atoms with Crippen LogP contribution in [-0.4, -0.2) is 18.7 Å². The number of allylic oxidation sites excluding steroid dienone is 5. The molecule has 0 atom stereocenters. The van der Waals surface area contributed by atoms with Crippen molar-refractivity contribution in [1.82, 2.24) is 0 Å². The highest BCUT2D eigenvalue weighted by Gasteiger charge is 2.42. The Balaban J connectivity index is 1.61. The molecule has 2 aromatic carbocycles. The van der Waals surface area contributed by atoms with Crippen LogP contribution >= 0.6 is 0 Å². The Hall–Kier alpha value is -3.67. The fourth-order valence-corrected chi connectivity index (χ4v) is 5.41. The van der Waals surface area contributed by atoms with Crippen molar-refractivity contribution in [1.29, 1.82) is 0 Å². The number of hydrogen-bond acceptors (Lipinski definition) is 5. The topological polar surface area (TPSA) is 61.8 Å². The molecule has 0 radical (unpaired) electrons. The van der Waals surface area contributed by atoms with E-state index in [2.05, 4.69) is 6.58 Å². The van der Waals surface area contributed by atoms with Gasteiger partial charge in [-0.05, 0) is 48.6 Å². The Labute approximate surface area is 210 Å². The van der Waals surface area contributed by atoms with Crippen LogP contribution in [-0.2, 0) is 27.4 Å². The van der Waals surface area contributed by atoms with E-state index in [1.54, 1.807) is 25.3 Å². The van der Waals surface area contributed by atoms with Gasteiger partial charge in [-0.3, -0.25) is 9.59 Å². The van der Waals surface area contributed by atoms with Crippen molar-refractivity contribution in [3.63, 3.8) is 0 Å². The number of ether oxygens (including phenoxy) is 3. The molecule has 1 aliphatic heterocycles. The second-order valence-electron chi connectivity index (χ2n) is 9.39. The van der Waals surface area contributed by atoms with Gasteiger partial charge in [0.1, 0.15) is 23.9 Å². The second-order valence-corrected chi connectivity index (χ2v) is 9.39. The van der Waals surface area contributed by atoms with E-state index < -0.39 is 5.92 Å². The molecule has 2 aromatic rings. The number of ketones is 2. The maximum absolute atomic E-state index is 13.7. The molecule has 0 unspecified atom stereocenters.